The normalized spacial score (nSPS) is 14.0. The number of nitrogens with one attached hydrogen (secondary N) is 1. The lowest BCUT2D eigenvalue weighted by atomic mass is 10.2. The predicted molar refractivity (Wildman–Crippen MR) is 110 cm³/mol. The molecule has 0 radical (unpaired) electrons. The van der Waals surface area contributed by atoms with E-state index in [9.17, 15) is 4.79 Å². The molecule has 1 saturated heterocycles. The number of aryl methyl sites for hydroxylation is 1. The lowest BCUT2D eigenvalue weighted by molar-refractivity contribution is 0.102. The van der Waals surface area contributed by atoms with Gasteiger partial charge in [0.2, 0.25) is 0 Å². The second-order valence-electron chi connectivity index (χ2n) is 6.75. The van der Waals surface area contributed by atoms with Crippen LogP contribution in [0.1, 0.15) is 16.1 Å². The Labute approximate surface area is 164 Å². The fourth-order valence-electron chi connectivity index (χ4n) is 3.23. The van der Waals surface area contributed by atoms with Gasteiger partial charge in [0.05, 0.1) is 12.4 Å². The summed E-state index contributed by atoms with van der Waals surface area (Å²) in [4.78, 5) is 30.0. The molecule has 7 nitrogen and oxygen atoms in total. The Balaban J connectivity index is 1.36. The minimum absolute atomic E-state index is 0.260. The minimum Gasteiger partial charge on any atom is -0.353 e. The van der Waals surface area contributed by atoms with Crippen molar-refractivity contribution in [1.29, 1.82) is 0 Å². The smallest absolute Gasteiger partial charge is 0.275 e. The zero-order chi connectivity index (χ0) is 19.3. The van der Waals surface area contributed by atoms with Crippen LogP contribution >= 0.6 is 0 Å². The van der Waals surface area contributed by atoms with Crippen molar-refractivity contribution >= 4 is 23.2 Å². The molecule has 142 valence electrons. The lowest BCUT2D eigenvalue weighted by Crippen LogP contribution is -2.47. The van der Waals surface area contributed by atoms with E-state index in [2.05, 4.69) is 30.1 Å². The highest BCUT2D eigenvalue weighted by Gasteiger charge is 2.19. The number of hydrogen-bond acceptors (Lipinski definition) is 6. The van der Waals surface area contributed by atoms with Gasteiger partial charge in [-0.1, -0.05) is 18.2 Å². The van der Waals surface area contributed by atoms with Crippen molar-refractivity contribution in [3.63, 3.8) is 0 Å². The third kappa shape index (κ3) is 4.09. The fourth-order valence-corrected chi connectivity index (χ4v) is 3.23. The maximum absolute atomic E-state index is 12.4. The molecular formula is C21H22N6O. The van der Waals surface area contributed by atoms with E-state index < -0.39 is 0 Å². The first-order valence-electron chi connectivity index (χ1n) is 9.30. The third-order valence-corrected chi connectivity index (χ3v) is 4.72. The SMILES string of the molecule is Cc1cccc(NC(=O)c2cnc(N3CCN(c4ccccn4)CC3)cn2)c1. The van der Waals surface area contributed by atoms with Crippen LogP contribution in [0.5, 0.6) is 0 Å². The molecule has 1 fully saturated rings. The molecule has 3 heterocycles. The van der Waals surface area contributed by atoms with Crippen LogP contribution in [-0.2, 0) is 0 Å². The van der Waals surface area contributed by atoms with Gasteiger partial charge < -0.3 is 15.1 Å². The largest absolute Gasteiger partial charge is 0.353 e. The topological polar surface area (TPSA) is 74.2 Å². The van der Waals surface area contributed by atoms with Gasteiger partial charge in [0.15, 0.2) is 0 Å². The number of amides is 1. The second-order valence-corrected chi connectivity index (χ2v) is 6.75. The summed E-state index contributed by atoms with van der Waals surface area (Å²) in [5.41, 5.74) is 2.14. The van der Waals surface area contributed by atoms with E-state index in [0.29, 0.717) is 5.69 Å². The van der Waals surface area contributed by atoms with Gasteiger partial charge in [-0.25, -0.2) is 15.0 Å². The number of benzene rings is 1. The van der Waals surface area contributed by atoms with Crippen molar-refractivity contribution in [3.8, 4) is 0 Å². The van der Waals surface area contributed by atoms with Gasteiger partial charge in [-0.3, -0.25) is 4.79 Å². The van der Waals surface area contributed by atoms with Crippen LogP contribution in [0.15, 0.2) is 61.1 Å². The summed E-state index contributed by atoms with van der Waals surface area (Å²) in [5, 5.41) is 2.85. The Kier molecular flexibility index (Phi) is 5.14. The van der Waals surface area contributed by atoms with Crippen LogP contribution in [0, 0.1) is 6.92 Å². The van der Waals surface area contributed by atoms with Gasteiger partial charge in [-0.15, -0.1) is 0 Å². The summed E-state index contributed by atoms with van der Waals surface area (Å²) in [5.74, 6) is 1.52. The number of nitrogens with zero attached hydrogens (tertiary/aromatic N) is 5. The first kappa shape index (κ1) is 17.9. The first-order chi connectivity index (χ1) is 13.7. The van der Waals surface area contributed by atoms with E-state index in [0.717, 1.165) is 49.1 Å². The molecule has 0 aliphatic carbocycles. The average molecular weight is 374 g/mol. The molecule has 0 saturated carbocycles. The molecule has 0 atom stereocenters. The third-order valence-electron chi connectivity index (χ3n) is 4.72. The highest BCUT2D eigenvalue weighted by atomic mass is 16.1. The standard InChI is InChI=1S/C21H22N6O/c1-16-5-4-6-17(13-16)25-21(28)18-14-24-20(15-23-18)27-11-9-26(10-12-27)19-7-2-3-8-22-19/h2-8,13-15H,9-12H2,1H3,(H,25,28). The quantitative estimate of drug-likeness (QED) is 0.757. The summed E-state index contributed by atoms with van der Waals surface area (Å²) in [6.07, 6.45) is 5.01. The van der Waals surface area contributed by atoms with Crippen molar-refractivity contribution < 1.29 is 4.79 Å². The number of aromatic nitrogens is 3. The van der Waals surface area contributed by atoms with Crippen LogP contribution in [0.25, 0.3) is 0 Å². The summed E-state index contributed by atoms with van der Waals surface area (Å²) < 4.78 is 0. The molecule has 1 amide bonds. The number of carbonyl (C=O) groups is 1. The molecule has 28 heavy (non-hydrogen) atoms. The zero-order valence-electron chi connectivity index (χ0n) is 15.7. The zero-order valence-corrected chi connectivity index (χ0v) is 15.7. The molecule has 1 N–H and O–H groups in total. The van der Waals surface area contributed by atoms with Gasteiger partial charge in [-0.05, 0) is 36.8 Å². The van der Waals surface area contributed by atoms with Crippen molar-refractivity contribution in [2.45, 2.75) is 6.92 Å². The van der Waals surface area contributed by atoms with Crippen LogP contribution in [0.4, 0.5) is 17.3 Å². The molecule has 0 spiro atoms. The lowest BCUT2D eigenvalue weighted by Gasteiger charge is -2.35. The molecule has 1 aliphatic heterocycles. The molecule has 1 aromatic carbocycles. The van der Waals surface area contributed by atoms with Crippen LogP contribution in [-0.4, -0.2) is 47.0 Å². The van der Waals surface area contributed by atoms with Crippen molar-refractivity contribution in [3.05, 3.63) is 72.3 Å². The van der Waals surface area contributed by atoms with Crippen LogP contribution < -0.4 is 15.1 Å². The minimum atomic E-state index is -0.260. The van der Waals surface area contributed by atoms with E-state index in [1.54, 1.807) is 6.20 Å². The average Bonchev–Trinajstić information content (AvgIpc) is 2.75. The van der Waals surface area contributed by atoms with Gasteiger partial charge in [0.1, 0.15) is 17.3 Å². The van der Waals surface area contributed by atoms with Crippen LogP contribution in [0.3, 0.4) is 0 Å². The fraction of sp³-hybridized carbons (Fsp3) is 0.238. The van der Waals surface area contributed by atoms with E-state index >= 15 is 0 Å². The van der Waals surface area contributed by atoms with Crippen molar-refractivity contribution in [2.75, 3.05) is 41.3 Å². The summed E-state index contributed by atoms with van der Waals surface area (Å²) in [7, 11) is 0. The predicted octanol–water partition coefficient (Wildman–Crippen LogP) is 2.76. The molecule has 1 aliphatic rings. The molecular weight excluding hydrogens is 352 g/mol. The van der Waals surface area contributed by atoms with E-state index in [4.69, 9.17) is 0 Å². The van der Waals surface area contributed by atoms with Gasteiger partial charge in [0.25, 0.3) is 5.91 Å². The highest BCUT2D eigenvalue weighted by Crippen LogP contribution is 2.17. The Morgan fingerprint density at radius 3 is 2.32 bits per heavy atom. The Morgan fingerprint density at radius 1 is 0.893 bits per heavy atom. The molecule has 2 aromatic heterocycles. The molecule has 7 heteroatoms. The summed E-state index contributed by atoms with van der Waals surface area (Å²) in [6.45, 7) is 5.39. The van der Waals surface area contributed by atoms with Gasteiger partial charge in [0, 0.05) is 38.1 Å². The number of hydrogen-bond donors (Lipinski definition) is 1. The molecule has 4 rings (SSSR count). The maximum atomic E-state index is 12.4. The maximum Gasteiger partial charge on any atom is 0.275 e. The van der Waals surface area contributed by atoms with Crippen molar-refractivity contribution in [1.82, 2.24) is 15.0 Å². The Bertz CT molecular complexity index is 937. The number of anilines is 3. The van der Waals surface area contributed by atoms with Crippen LogP contribution in [0.2, 0.25) is 0 Å². The molecule has 0 bridgehead atoms. The number of carbonyl (C=O) groups excluding carboxylic acids is 1. The summed E-state index contributed by atoms with van der Waals surface area (Å²) >= 11 is 0. The monoisotopic (exact) mass is 374 g/mol. The Morgan fingerprint density at radius 2 is 1.68 bits per heavy atom. The second kappa shape index (κ2) is 8.04. The van der Waals surface area contributed by atoms with E-state index in [1.807, 2.05) is 55.6 Å². The first-order valence-corrected chi connectivity index (χ1v) is 9.30. The van der Waals surface area contributed by atoms with E-state index in [1.165, 1.54) is 6.20 Å². The molecule has 3 aromatic rings. The number of rotatable bonds is 4. The van der Waals surface area contributed by atoms with Crippen molar-refractivity contribution in [2.24, 2.45) is 0 Å². The van der Waals surface area contributed by atoms with Gasteiger partial charge >= 0.3 is 0 Å². The summed E-state index contributed by atoms with van der Waals surface area (Å²) in [6, 6.07) is 13.6. The highest BCUT2D eigenvalue weighted by molar-refractivity contribution is 6.02. The number of piperazine rings is 1. The Hall–Kier alpha value is -3.48. The van der Waals surface area contributed by atoms with Gasteiger partial charge in [-0.2, -0.15) is 0 Å². The molecule has 0 unspecified atom stereocenters. The number of pyridine rings is 1. The van der Waals surface area contributed by atoms with E-state index in [-0.39, 0.29) is 5.91 Å².